The van der Waals surface area contributed by atoms with Crippen molar-refractivity contribution in [3.05, 3.63) is 97.2 Å². The molecule has 0 aromatic rings. The molecular weight excluding hydrogens is 769 g/mol. The fraction of sp³-hybridized carbons (Fsp3) is 0.661. The molecule has 0 amide bonds. The summed E-state index contributed by atoms with van der Waals surface area (Å²) in [5.74, 6) is -0.970. The van der Waals surface area contributed by atoms with Crippen molar-refractivity contribution in [3.63, 3.8) is 0 Å². The lowest BCUT2D eigenvalue weighted by atomic mass is 10.0. The van der Waals surface area contributed by atoms with Crippen molar-refractivity contribution >= 4 is 17.9 Å². The maximum Gasteiger partial charge on any atom is 0.306 e. The molecule has 0 aliphatic rings. The highest BCUT2D eigenvalue weighted by molar-refractivity contribution is 5.71. The van der Waals surface area contributed by atoms with Gasteiger partial charge in [-0.05, 0) is 96.3 Å². The lowest BCUT2D eigenvalue weighted by molar-refractivity contribution is -0.167. The van der Waals surface area contributed by atoms with Crippen molar-refractivity contribution in [1.82, 2.24) is 0 Å². The first-order chi connectivity index (χ1) is 30.5. The summed E-state index contributed by atoms with van der Waals surface area (Å²) in [4.78, 5) is 37.9. The van der Waals surface area contributed by atoms with E-state index in [1.165, 1.54) is 57.8 Å². The molecule has 0 heterocycles. The van der Waals surface area contributed by atoms with E-state index in [1.807, 2.05) is 0 Å². The van der Waals surface area contributed by atoms with Gasteiger partial charge < -0.3 is 14.2 Å². The first-order valence-electron chi connectivity index (χ1n) is 25.2. The lowest BCUT2D eigenvalue weighted by Gasteiger charge is -2.18. The first kappa shape index (κ1) is 58.3. The molecule has 0 N–H and O–H groups in total. The predicted molar refractivity (Wildman–Crippen MR) is 265 cm³/mol. The summed E-state index contributed by atoms with van der Waals surface area (Å²) in [6, 6.07) is 0. The summed E-state index contributed by atoms with van der Waals surface area (Å²) in [7, 11) is 0. The van der Waals surface area contributed by atoms with Crippen molar-refractivity contribution in [2.45, 2.75) is 226 Å². The van der Waals surface area contributed by atoms with E-state index in [-0.39, 0.29) is 31.1 Å². The maximum atomic E-state index is 12.8. The van der Waals surface area contributed by atoms with E-state index < -0.39 is 6.10 Å². The molecular formula is C56H92O6. The number of hydrogen-bond acceptors (Lipinski definition) is 6. The summed E-state index contributed by atoms with van der Waals surface area (Å²) in [6.07, 6.45) is 65.3. The Hall–Kier alpha value is -3.67. The van der Waals surface area contributed by atoms with Crippen LogP contribution in [0.5, 0.6) is 0 Å². The van der Waals surface area contributed by atoms with Crippen LogP contribution < -0.4 is 0 Å². The SMILES string of the molecule is CC/C=C\C/C=C\C/C=C\C/C=C\CCCCCCC(=O)OC[C@H](COC(=O)CCCC/C=C\C/C=C\C/C=C\C/C=C\CC)OC(=O)CCCCCCCCCCCCCC. The van der Waals surface area contributed by atoms with E-state index in [1.54, 1.807) is 0 Å². The van der Waals surface area contributed by atoms with Crippen LogP contribution in [0.1, 0.15) is 220 Å². The minimum Gasteiger partial charge on any atom is -0.462 e. The molecule has 6 nitrogen and oxygen atoms in total. The summed E-state index contributed by atoms with van der Waals surface area (Å²) in [6.45, 7) is 6.34. The van der Waals surface area contributed by atoms with Crippen LogP contribution in [0.2, 0.25) is 0 Å². The van der Waals surface area contributed by atoms with Gasteiger partial charge in [0.1, 0.15) is 13.2 Å². The monoisotopic (exact) mass is 861 g/mol. The Morgan fingerprint density at radius 2 is 0.629 bits per heavy atom. The minimum atomic E-state index is -0.803. The second kappa shape index (κ2) is 50.0. The molecule has 6 heteroatoms. The van der Waals surface area contributed by atoms with Crippen molar-refractivity contribution in [1.29, 1.82) is 0 Å². The van der Waals surface area contributed by atoms with Crippen molar-refractivity contribution < 1.29 is 28.6 Å². The van der Waals surface area contributed by atoms with E-state index in [0.29, 0.717) is 19.3 Å². The van der Waals surface area contributed by atoms with Crippen LogP contribution in [0.15, 0.2) is 97.2 Å². The van der Waals surface area contributed by atoms with Gasteiger partial charge in [-0.2, -0.15) is 0 Å². The summed E-state index contributed by atoms with van der Waals surface area (Å²) in [5, 5.41) is 0. The number of hydrogen-bond donors (Lipinski definition) is 0. The number of ether oxygens (including phenoxy) is 3. The fourth-order valence-electron chi connectivity index (χ4n) is 6.60. The number of allylic oxidation sites excluding steroid dienone is 16. The van der Waals surface area contributed by atoms with E-state index in [9.17, 15) is 14.4 Å². The number of unbranched alkanes of at least 4 members (excludes halogenated alkanes) is 17. The summed E-state index contributed by atoms with van der Waals surface area (Å²) >= 11 is 0. The zero-order valence-corrected chi connectivity index (χ0v) is 40.1. The fourth-order valence-corrected chi connectivity index (χ4v) is 6.60. The topological polar surface area (TPSA) is 78.9 Å². The van der Waals surface area contributed by atoms with Crippen LogP contribution in [-0.2, 0) is 28.6 Å². The molecule has 0 rings (SSSR count). The van der Waals surface area contributed by atoms with E-state index in [2.05, 4.69) is 118 Å². The Morgan fingerprint density at radius 3 is 1.02 bits per heavy atom. The molecule has 0 radical (unpaired) electrons. The molecule has 0 aliphatic carbocycles. The Bertz CT molecular complexity index is 1260. The molecule has 352 valence electrons. The van der Waals surface area contributed by atoms with Gasteiger partial charge in [-0.15, -0.1) is 0 Å². The molecule has 0 aromatic heterocycles. The van der Waals surface area contributed by atoms with Gasteiger partial charge in [0, 0.05) is 19.3 Å². The van der Waals surface area contributed by atoms with Crippen molar-refractivity contribution in [2.75, 3.05) is 13.2 Å². The summed E-state index contributed by atoms with van der Waals surface area (Å²) in [5.41, 5.74) is 0. The van der Waals surface area contributed by atoms with Crippen molar-refractivity contribution in [2.24, 2.45) is 0 Å². The maximum absolute atomic E-state index is 12.8. The highest BCUT2D eigenvalue weighted by atomic mass is 16.6. The minimum absolute atomic E-state index is 0.103. The highest BCUT2D eigenvalue weighted by Gasteiger charge is 2.19. The van der Waals surface area contributed by atoms with Gasteiger partial charge in [0.25, 0.3) is 0 Å². The standard InChI is InChI=1S/C56H92O6/c1-4-7-10-13-16-19-22-25-27-28-30-32-35-37-40-43-46-49-55(58)61-52-53(62-56(59)50-47-44-41-38-33-24-21-18-15-12-9-6-3)51-60-54(57)48-45-42-39-36-34-31-29-26-23-20-17-14-11-8-5-2/h7-8,10-11,16-17,19-20,25-27,29-30,32,34,36,53H,4-6,9,12-15,18,21-24,28,31,33,35,37-52H2,1-3H3/b10-7-,11-8-,19-16-,20-17-,27-25-,29-26-,32-30-,36-34-/t53-/m0/s1. The largest absolute Gasteiger partial charge is 0.462 e. The highest BCUT2D eigenvalue weighted by Crippen LogP contribution is 2.14. The Morgan fingerprint density at radius 1 is 0.339 bits per heavy atom. The number of carbonyl (C=O) groups is 3. The molecule has 0 unspecified atom stereocenters. The molecule has 0 aliphatic heterocycles. The van der Waals surface area contributed by atoms with Crippen LogP contribution in [0.4, 0.5) is 0 Å². The number of carbonyl (C=O) groups excluding carboxylic acids is 3. The zero-order chi connectivity index (χ0) is 45.1. The van der Waals surface area contributed by atoms with Crippen LogP contribution in [0.25, 0.3) is 0 Å². The molecule has 0 bridgehead atoms. The summed E-state index contributed by atoms with van der Waals surface area (Å²) < 4.78 is 16.7. The number of esters is 3. The van der Waals surface area contributed by atoms with Gasteiger partial charge in [0.2, 0.25) is 0 Å². The first-order valence-corrected chi connectivity index (χ1v) is 25.2. The van der Waals surface area contributed by atoms with E-state index in [4.69, 9.17) is 14.2 Å². The molecule has 0 aromatic carbocycles. The normalized spacial score (nSPS) is 12.9. The third-order valence-corrected chi connectivity index (χ3v) is 10.3. The van der Waals surface area contributed by atoms with Crippen LogP contribution in [0, 0.1) is 0 Å². The zero-order valence-electron chi connectivity index (χ0n) is 40.1. The third kappa shape index (κ3) is 47.4. The molecule has 0 spiro atoms. The van der Waals surface area contributed by atoms with Crippen LogP contribution in [0.3, 0.4) is 0 Å². The van der Waals surface area contributed by atoms with Gasteiger partial charge in [-0.3, -0.25) is 14.4 Å². The smallest absolute Gasteiger partial charge is 0.306 e. The average molecular weight is 861 g/mol. The van der Waals surface area contributed by atoms with E-state index >= 15 is 0 Å². The van der Waals surface area contributed by atoms with Crippen LogP contribution in [-0.4, -0.2) is 37.2 Å². The molecule has 0 saturated heterocycles. The van der Waals surface area contributed by atoms with Gasteiger partial charge >= 0.3 is 17.9 Å². The predicted octanol–water partition coefficient (Wildman–Crippen LogP) is 16.6. The average Bonchev–Trinajstić information content (AvgIpc) is 3.27. The van der Waals surface area contributed by atoms with Gasteiger partial charge in [-0.1, -0.05) is 201 Å². The quantitative estimate of drug-likeness (QED) is 0.0263. The molecule has 0 saturated carbocycles. The second-order valence-electron chi connectivity index (χ2n) is 16.3. The van der Waals surface area contributed by atoms with Crippen molar-refractivity contribution in [3.8, 4) is 0 Å². The second-order valence-corrected chi connectivity index (χ2v) is 16.3. The molecule has 62 heavy (non-hydrogen) atoms. The lowest BCUT2D eigenvalue weighted by Crippen LogP contribution is -2.30. The van der Waals surface area contributed by atoms with Gasteiger partial charge in [0.05, 0.1) is 0 Å². The van der Waals surface area contributed by atoms with Crippen LogP contribution >= 0.6 is 0 Å². The third-order valence-electron chi connectivity index (χ3n) is 10.3. The Kier molecular flexibility index (Phi) is 47.0. The molecule has 1 atom stereocenters. The Balaban J connectivity index is 4.49. The van der Waals surface area contributed by atoms with Gasteiger partial charge in [-0.25, -0.2) is 0 Å². The Labute approximate surface area is 381 Å². The van der Waals surface area contributed by atoms with Gasteiger partial charge in [0.15, 0.2) is 6.10 Å². The van der Waals surface area contributed by atoms with E-state index in [0.717, 1.165) is 122 Å². The number of rotatable bonds is 44. The molecule has 0 fully saturated rings.